The molecule has 0 aliphatic heterocycles. The van der Waals surface area contributed by atoms with Gasteiger partial charge in [0.25, 0.3) is 18.2 Å². The van der Waals surface area contributed by atoms with Crippen molar-refractivity contribution in [3.05, 3.63) is 42.0 Å². The van der Waals surface area contributed by atoms with Crippen LogP contribution in [-0.4, -0.2) is 39.0 Å². The maximum absolute atomic E-state index is 12.8. The molecule has 160 valence electrons. The Kier molecular flexibility index (Phi) is 5.39. The highest BCUT2D eigenvalue weighted by atomic mass is 16.5. The Morgan fingerprint density at radius 1 is 1.35 bits per heavy atom. The normalized spacial score (nSPS) is 11.0. The predicted octanol–water partition coefficient (Wildman–Crippen LogP) is 0.871. The first-order valence-corrected chi connectivity index (χ1v) is 9.60. The minimum absolute atomic E-state index is 0.00177. The number of aromatic nitrogens is 5. The van der Waals surface area contributed by atoms with Gasteiger partial charge in [0.2, 0.25) is 6.73 Å². The number of aryl methyl sites for hydroxylation is 1. The molecule has 0 fully saturated rings. The number of benzene rings is 1. The number of amides is 1. The molecule has 11 nitrogen and oxygen atoms in total. The van der Waals surface area contributed by atoms with Crippen LogP contribution >= 0.6 is 0 Å². The van der Waals surface area contributed by atoms with E-state index in [1.165, 1.54) is 0 Å². The van der Waals surface area contributed by atoms with Gasteiger partial charge < -0.3 is 25.5 Å². The van der Waals surface area contributed by atoms with Gasteiger partial charge in [-0.3, -0.25) is 9.59 Å². The lowest BCUT2D eigenvalue weighted by Gasteiger charge is -2.07. The number of nitrogens with two attached hydrogens (primary N) is 1. The van der Waals surface area contributed by atoms with Gasteiger partial charge in [0.05, 0.1) is 13.7 Å². The Balaban J connectivity index is 1.69. The number of fused-ring (bicyclic) bond motifs is 2. The molecule has 0 saturated heterocycles. The first kappa shape index (κ1) is 20.1. The smallest absolute Gasteiger partial charge is 0.296 e. The van der Waals surface area contributed by atoms with Crippen molar-refractivity contribution >= 4 is 40.4 Å². The van der Waals surface area contributed by atoms with Crippen LogP contribution in [0.2, 0.25) is 0 Å². The molecule has 0 radical (unpaired) electrons. The molecule has 0 bridgehead atoms. The maximum Gasteiger partial charge on any atom is 0.296 e. The Bertz CT molecular complexity index is 1280. The van der Waals surface area contributed by atoms with Crippen LogP contribution < -0.4 is 20.4 Å². The summed E-state index contributed by atoms with van der Waals surface area (Å²) < 4.78 is 14.2. The molecule has 0 aliphatic rings. The molecule has 1 aromatic carbocycles. The van der Waals surface area contributed by atoms with E-state index in [0.29, 0.717) is 29.9 Å². The fourth-order valence-corrected chi connectivity index (χ4v) is 3.58. The lowest BCUT2D eigenvalue weighted by Crippen LogP contribution is -2.42. The number of ether oxygens (including phenoxy) is 2. The van der Waals surface area contributed by atoms with Gasteiger partial charge in [-0.25, -0.2) is 14.5 Å². The fourth-order valence-electron chi connectivity index (χ4n) is 3.58. The largest absolute Gasteiger partial charge is 0.497 e. The third-order valence-corrected chi connectivity index (χ3v) is 5.01. The number of aromatic amines is 1. The molecule has 3 heterocycles. The Morgan fingerprint density at radius 3 is 2.94 bits per heavy atom. The minimum atomic E-state index is -0.457. The highest BCUT2D eigenvalue weighted by molar-refractivity contribution is 5.98. The number of rotatable bonds is 8. The summed E-state index contributed by atoms with van der Waals surface area (Å²) >= 11 is 0. The zero-order valence-electron chi connectivity index (χ0n) is 17.1. The van der Waals surface area contributed by atoms with E-state index in [4.69, 9.17) is 15.2 Å². The van der Waals surface area contributed by atoms with Crippen molar-refractivity contribution in [2.24, 2.45) is 0 Å². The molecule has 4 N–H and O–H groups in total. The zero-order chi connectivity index (χ0) is 22.0. The van der Waals surface area contributed by atoms with Gasteiger partial charge >= 0.3 is 0 Å². The van der Waals surface area contributed by atoms with E-state index < -0.39 is 5.91 Å². The van der Waals surface area contributed by atoms with Crippen LogP contribution in [0.4, 0.5) is 5.82 Å². The summed E-state index contributed by atoms with van der Waals surface area (Å²) in [6, 6.07) is 7.31. The van der Waals surface area contributed by atoms with Crippen molar-refractivity contribution in [1.29, 1.82) is 0 Å². The van der Waals surface area contributed by atoms with Crippen molar-refractivity contribution < 1.29 is 23.6 Å². The number of hydrogen-bond acceptors (Lipinski definition) is 7. The van der Waals surface area contributed by atoms with E-state index in [0.717, 1.165) is 16.9 Å². The fraction of sp³-hybridized carbons (Fsp3) is 0.250. The van der Waals surface area contributed by atoms with Crippen LogP contribution in [-0.2, 0) is 29.4 Å². The minimum Gasteiger partial charge on any atom is -0.497 e. The third kappa shape index (κ3) is 3.61. The maximum atomic E-state index is 12.8. The summed E-state index contributed by atoms with van der Waals surface area (Å²) in [6.45, 7) is 3.15. The molecular formula is C20H22N7O4+. The van der Waals surface area contributed by atoms with Gasteiger partial charge in [-0.1, -0.05) is 0 Å². The van der Waals surface area contributed by atoms with E-state index in [-0.39, 0.29) is 24.8 Å². The molecule has 31 heavy (non-hydrogen) atoms. The topological polar surface area (TPSA) is 141 Å². The standard InChI is InChI=1S/C20H21N7O4/c1-3-26-15-8-12(30-2)4-5-14(15)27(10-31-11-28)16(26)9-23-20(29)17-18(21)25-19-13(24-17)6-7-22-19/h4-8,11H,3,9-10H2,1-2H3,(H3-,21,22,23,24,25,29)/p+1. The molecule has 0 spiro atoms. The summed E-state index contributed by atoms with van der Waals surface area (Å²) in [5, 5.41) is 2.85. The van der Waals surface area contributed by atoms with E-state index in [1.807, 2.05) is 34.3 Å². The Morgan fingerprint density at radius 2 is 2.19 bits per heavy atom. The van der Waals surface area contributed by atoms with E-state index >= 15 is 0 Å². The van der Waals surface area contributed by atoms with Crippen LogP contribution in [0.3, 0.4) is 0 Å². The van der Waals surface area contributed by atoms with Crippen molar-refractivity contribution in [1.82, 2.24) is 24.8 Å². The molecule has 3 aromatic heterocycles. The van der Waals surface area contributed by atoms with Crippen molar-refractivity contribution in [3.8, 4) is 5.75 Å². The van der Waals surface area contributed by atoms with Crippen LogP contribution in [0, 0.1) is 0 Å². The predicted molar refractivity (Wildman–Crippen MR) is 111 cm³/mol. The highest BCUT2D eigenvalue weighted by Crippen LogP contribution is 2.21. The van der Waals surface area contributed by atoms with Crippen LogP contribution in [0.15, 0.2) is 30.5 Å². The van der Waals surface area contributed by atoms with Gasteiger partial charge in [0, 0.05) is 12.3 Å². The lowest BCUT2D eigenvalue weighted by molar-refractivity contribution is -0.711. The van der Waals surface area contributed by atoms with Gasteiger partial charge in [-0.05, 0) is 25.1 Å². The summed E-state index contributed by atoms with van der Waals surface area (Å²) in [5.41, 5.74) is 8.74. The number of carbonyl (C=O) groups excluding carboxylic acids is 2. The summed E-state index contributed by atoms with van der Waals surface area (Å²) in [4.78, 5) is 35.0. The van der Waals surface area contributed by atoms with Crippen LogP contribution in [0.25, 0.3) is 22.2 Å². The van der Waals surface area contributed by atoms with Gasteiger partial charge in [0.15, 0.2) is 28.2 Å². The van der Waals surface area contributed by atoms with E-state index in [2.05, 4.69) is 20.3 Å². The number of carbonyl (C=O) groups is 2. The molecule has 0 aliphatic carbocycles. The molecule has 4 aromatic rings. The van der Waals surface area contributed by atoms with E-state index in [1.54, 1.807) is 19.4 Å². The molecule has 0 saturated carbocycles. The van der Waals surface area contributed by atoms with Crippen molar-refractivity contribution in [3.63, 3.8) is 0 Å². The molecule has 0 atom stereocenters. The second-order valence-electron chi connectivity index (χ2n) is 6.69. The number of methoxy groups -OCH3 is 1. The first-order chi connectivity index (χ1) is 15.1. The quantitative estimate of drug-likeness (QED) is 0.281. The van der Waals surface area contributed by atoms with Crippen molar-refractivity contribution in [2.45, 2.75) is 26.7 Å². The monoisotopic (exact) mass is 424 g/mol. The number of nitrogens with zero attached hydrogens (tertiary/aromatic N) is 4. The third-order valence-electron chi connectivity index (χ3n) is 5.01. The first-order valence-electron chi connectivity index (χ1n) is 9.60. The average Bonchev–Trinajstić information content (AvgIpc) is 3.35. The number of nitrogen functional groups attached to an aromatic ring is 1. The molecule has 1 amide bonds. The molecule has 0 unspecified atom stereocenters. The molecule has 11 heteroatoms. The highest BCUT2D eigenvalue weighted by Gasteiger charge is 2.26. The molecular weight excluding hydrogens is 402 g/mol. The Labute approximate surface area is 176 Å². The average molecular weight is 424 g/mol. The number of hydrogen-bond donors (Lipinski definition) is 3. The summed E-state index contributed by atoms with van der Waals surface area (Å²) in [6.07, 6.45) is 1.68. The van der Waals surface area contributed by atoms with Crippen LogP contribution in [0.5, 0.6) is 5.75 Å². The lowest BCUT2D eigenvalue weighted by atomic mass is 10.3. The number of anilines is 1. The van der Waals surface area contributed by atoms with Gasteiger partial charge in [-0.2, -0.15) is 4.57 Å². The van der Waals surface area contributed by atoms with Gasteiger partial charge in [-0.15, -0.1) is 0 Å². The summed E-state index contributed by atoms with van der Waals surface area (Å²) in [5.74, 6) is 1.00. The second kappa shape index (κ2) is 8.30. The summed E-state index contributed by atoms with van der Waals surface area (Å²) in [7, 11) is 1.60. The number of nitrogens with one attached hydrogen (secondary N) is 2. The van der Waals surface area contributed by atoms with Gasteiger partial charge in [0.1, 0.15) is 17.8 Å². The Hall–Kier alpha value is -4.15. The van der Waals surface area contributed by atoms with Crippen LogP contribution in [0.1, 0.15) is 23.2 Å². The second-order valence-corrected chi connectivity index (χ2v) is 6.69. The number of imidazole rings is 1. The zero-order valence-corrected chi connectivity index (χ0v) is 17.1. The number of H-pyrrole nitrogens is 1. The SMILES string of the molecule is CCn1c(CNC(=O)c2nc3cc[nH]c3nc2N)[n+](COC=O)c2ccc(OC)cc21. The van der Waals surface area contributed by atoms with E-state index in [9.17, 15) is 9.59 Å². The van der Waals surface area contributed by atoms with Crippen molar-refractivity contribution in [2.75, 3.05) is 12.8 Å². The molecule has 4 rings (SSSR count).